The van der Waals surface area contributed by atoms with E-state index in [1.807, 2.05) is 30.0 Å². The van der Waals surface area contributed by atoms with Crippen molar-refractivity contribution in [1.29, 1.82) is 0 Å². The molecular weight excluding hydrogens is 312 g/mol. The maximum absolute atomic E-state index is 10.7. The number of hydrogen-bond acceptors (Lipinski definition) is 3. The lowest BCUT2D eigenvalue weighted by Crippen LogP contribution is -2.43. The van der Waals surface area contributed by atoms with Crippen molar-refractivity contribution in [2.75, 3.05) is 12.9 Å². The topological polar surface area (TPSA) is 29.5 Å². The van der Waals surface area contributed by atoms with Crippen LogP contribution in [0.25, 0.3) is 0 Å². The van der Waals surface area contributed by atoms with E-state index in [2.05, 4.69) is 22.9 Å². The van der Waals surface area contributed by atoms with Crippen LogP contribution in [0.3, 0.4) is 0 Å². The van der Waals surface area contributed by atoms with Crippen molar-refractivity contribution in [2.24, 2.45) is 0 Å². The molecular formula is C14H19BrO2S. The Bertz CT molecular complexity index is 424. The number of benzene rings is 1. The van der Waals surface area contributed by atoms with Crippen molar-refractivity contribution in [3.63, 3.8) is 0 Å². The Hall–Kier alpha value is -0.190. The smallest absolute Gasteiger partial charge is 0.133 e. The van der Waals surface area contributed by atoms with Gasteiger partial charge in [-0.1, -0.05) is 13.0 Å². The standard InChI is InChI=1S/C14H19BrO2S/c1-10-14(16,6-3-7-18-10)9-11-4-5-13(17-2)12(15)8-11/h4-5,8,10,16H,3,6-7,9H2,1-2H3. The molecule has 0 saturated carbocycles. The monoisotopic (exact) mass is 330 g/mol. The van der Waals surface area contributed by atoms with Crippen LogP contribution in [-0.4, -0.2) is 28.8 Å². The van der Waals surface area contributed by atoms with E-state index < -0.39 is 5.60 Å². The van der Waals surface area contributed by atoms with Crippen molar-refractivity contribution in [2.45, 2.75) is 37.0 Å². The van der Waals surface area contributed by atoms with E-state index in [1.54, 1.807) is 7.11 Å². The van der Waals surface area contributed by atoms with Gasteiger partial charge in [-0.25, -0.2) is 0 Å². The highest BCUT2D eigenvalue weighted by atomic mass is 79.9. The van der Waals surface area contributed by atoms with Gasteiger partial charge < -0.3 is 9.84 Å². The average molecular weight is 331 g/mol. The molecule has 18 heavy (non-hydrogen) atoms. The van der Waals surface area contributed by atoms with Crippen molar-refractivity contribution < 1.29 is 9.84 Å². The van der Waals surface area contributed by atoms with Crippen LogP contribution in [0.1, 0.15) is 25.3 Å². The van der Waals surface area contributed by atoms with Crippen LogP contribution in [0.2, 0.25) is 0 Å². The normalized spacial score (nSPS) is 28.1. The average Bonchev–Trinajstić information content (AvgIpc) is 2.33. The van der Waals surface area contributed by atoms with Crippen LogP contribution in [0.5, 0.6) is 5.75 Å². The van der Waals surface area contributed by atoms with Crippen LogP contribution < -0.4 is 4.74 Å². The summed E-state index contributed by atoms with van der Waals surface area (Å²) in [5.74, 6) is 1.99. The van der Waals surface area contributed by atoms with Gasteiger partial charge in [-0.3, -0.25) is 0 Å². The number of rotatable bonds is 3. The van der Waals surface area contributed by atoms with Gasteiger partial charge in [0.1, 0.15) is 5.75 Å². The number of ether oxygens (including phenoxy) is 1. The van der Waals surface area contributed by atoms with Crippen LogP contribution >= 0.6 is 27.7 Å². The summed E-state index contributed by atoms with van der Waals surface area (Å²) in [7, 11) is 1.66. The Morgan fingerprint density at radius 3 is 2.94 bits per heavy atom. The van der Waals surface area contributed by atoms with Crippen LogP contribution in [-0.2, 0) is 6.42 Å². The molecule has 4 heteroatoms. The molecule has 0 bridgehead atoms. The molecule has 1 aliphatic heterocycles. The molecule has 0 aromatic heterocycles. The number of aliphatic hydroxyl groups is 1. The Labute approximate surface area is 121 Å². The van der Waals surface area contributed by atoms with Crippen LogP contribution in [0, 0.1) is 0 Å². The molecule has 2 nitrogen and oxygen atoms in total. The molecule has 1 heterocycles. The summed E-state index contributed by atoms with van der Waals surface area (Å²) in [6.07, 6.45) is 2.71. The molecule has 1 aromatic rings. The first-order chi connectivity index (χ1) is 8.55. The fraction of sp³-hybridized carbons (Fsp3) is 0.571. The molecule has 2 rings (SSSR count). The minimum absolute atomic E-state index is 0.298. The Morgan fingerprint density at radius 1 is 1.56 bits per heavy atom. The highest BCUT2D eigenvalue weighted by Gasteiger charge is 2.36. The van der Waals surface area contributed by atoms with Gasteiger partial charge in [0.2, 0.25) is 0 Å². The van der Waals surface area contributed by atoms with Gasteiger partial charge in [-0.2, -0.15) is 11.8 Å². The molecule has 0 amide bonds. The SMILES string of the molecule is COc1ccc(CC2(O)CCCSC2C)cc1Br. The van der Waals surface area contributed by atoms with E-state index in [0.29, 0.717) is 11.7 Å². The van der Waals surface area contributed by atoms with Crippen LogP contribution in [0.15, 0.2) is 22.7 Å². The zero-order valence-corrected chi connectivity index (χ0v) is 13.2. The second-order valence-corrected chi connectivity index (χ2v) is 7.17. The molecule has 0 aliphatic carbocycles. The quantitative estimate of drug-likeness (QED) is 0.917. The second kappa shape index (κ2) is 5.85. The Balaban J connectivity index is 2.15. The van der Waals surface area contributed by atoms with E-state index in [0.717, 1.165) is 34.4 Å². The van der Waals surface area contributed by atoms with E-state index in [1.165, 1.54) is 0 Å². The van der Waals surface area contributed by atoms with E-state index in [-0.39, 0.29) is 0 Å². The summed E-state index contributed by atoms with van der Waals surface area (Å²) in [6, 6.07) is 6.03. The summed E-state index contributed by atoms with van der Waals surface area (Å²) in [5.41, 5.74) is 0.580. The third-order valence-corrected chi connectivity index (χ3v) is 5.69. The summed E-state index contributed by atoms with van der Waals surface area (Å²) >= 11 is 5.36. The summed E-state index contributed by atoms with van der Waals surface area (Å²) in [4.78, 5) is 0. The zero-order chi connectivity index (χ0) is 13.2. The highest BCUT2D eigenvalue weighted by Crippen LogP contribution is 2.37. The first-order valence-corrected chi connectivity index (χ1v) is 8.06. The van der Waals surface area contributed by atoms with Crippen LogP contribution in [0.4, 0.5) is 0 Å². The predicted octanol–water partition coefficient (Wildman–Crippen LogP) is 3.65. The molecule has 1 N–H and O–H groups in total. The molecule has 1 saturated heterocycles. The van der Waals surface area contributed by atoms with E-state index >= 15 is 0 Å². The largest absolute Gasteiger partial charge is 0.496 e. The van der Waals surface area contributed by atoms with Crippen molar-refractivity contribution in [1.82, 2.24) is 0 Å². The summed E-state index contributed by atoms with van der Waals surface area (Å²) in [5, 5.41) is 11.0. The van der Waals surface area contributed by atoms with Gasteiger partial charge in [-0.15, -0.1) is 0 Å². The van der Waals surface area contributed by atoms with E-state index in [4.69, 9.17) is 4.74 Å². The summed E-state index contributed by atoms with van der Waals surface area (Å²) < 4.78 is 6.17. The number of methoxy groups -OCH3 is 1. The van der Waals surface area contributed by atoms with Crippen molar-refractivity contribution >= 4 is 27.7 Å². The Morgan fingerprint density at radius 2 is 2.33 bits per heavy atom. The molecule has 2 atom stereocenters. The minimum Gasteiger partial charge on any atom is -0.496 e. The Kier molecular flexibility index (Phi) is 4.62. The molecule has 1 aromatic carbocycles. The lowest BCUT2D eigenvalue weighted by Gasteiger charge is -2.37. The summed E-state index contributed by atoms with van der Waals surface area (Å²) in [6.45, 7) is 2.13. The zero-order valence-electron chi connectivity index (χ0n) is 10.8. The predicted molar refractivity (Wildman–Crippen MR) is 80.5 cm³/mol. The number of hydrogen-bond donors (Lipinski definition) is 1. The van der Waals surface area contributed by atoms with Gasteiger partial charge in [0.15, 0.2) is 0 Å². The number of halogens is 1. The van der Waals surface area contributed by atoms with Gasteiger partial charge >= 0.3 is 0 Å². The molecule has 0 radical (unpaired) electrons. The molecule has 100 valence electrons. The lowest BCUT2D eigenvalue weighted by atomic mass is 9.87. The molecule has 1 aliphatic rings. The first kappa shape index (κ1) is 14.2. The molecule has 2 unspecified atom stereocenters. The van der Waals surface area contributed by atoms with Crippen molar-refractivity contribution in [3.05, 3.63) is 28.2 Å². The third kappa shape index (κ3) is 3.03. The third-order valence-electron chi connectivity index (χ3n) is 3.61. The van der Waals surface area contributed by atoms with Gasteiger partial charge in [0.05, 0.1) is 17.2 Å². The van der Waals surface area contributed by atoms with Gasteiger partial charge in [0, 0.05) is 11.7 Å². The minimum atomic E-state index is -0.572. The molecule has 1 fully saturated rings. The fourth-order valence-corrected chi connectivity index (χ4v) is 4.17. The highest BCUT2D eigenvalue weighted by molar-refractivity contribution is 9.10. The maximum atomic E-state index is 10.7. The first-order valence-electron chi connectivity index (χ1n) is 6.21. The van der Waals surface area contributed by atoms with E-state index in [9.17, 15) is 5.11 Å². The van der Waals surface area contributed by atoms with Gasteiger partial charge in [-0.05, 0) is 52.2 Å². The second-order valence-electron chi connectivity index (χ2n) is 4.87. The van der Waals surface area contributed by atoms with Gasteiger partial charge in [0.25, 0.3) is 0 Å². The number of thioether (sulfide) groups is 1. The molecule has 0 spiro atoms. The fourth-order valence-electron chi connectivity index (χ4n) is 2.40. The lowest BCUT2D eigenvalue weighted by molar-refractivity contribution is 0.0297. The maximum Gasteiger partial charge on any atom is 0.133 e. The van der Waals surface area contributed by atoms with Crippen molar-refractivity contribution in [3.8, 4) is 5.75 Å².